The molecule has 3 N–H and O–H groups in total. The van der Waals surface area contributed by atoms with Gasteiger partial charge in [-0.25, -0.2) is 8.78 Å². The number of rotatable bonds is 6. The van der Waals surface area contributed by atoms with Crippen LogP contribution in [0.1, 0.15) is 16.8 Å². The number of halogens is 3. The van der Waals surface area contributed by atoms with Crippen molar-refractivity contribution >= 4 is 46.7 Å². The van der Waals surface area contributed by atoms with E-state index in [-0.39, 0.29) is 18.9 Å². The Morgan fingerprint density at radius 1 is 1.43 bits per heavy atom. The molecule has 1 aliphatic rings. The third-order valence-corrected chi connectivity index (χ3v) is 5.73. The zero-order valence-corrected chi connectivity index (χ0v) is 19.2. The minimum atomic E-state index is -0.671. The number of nitrogens with two attached hydrogens (primary N) is 1. The van der Waals surface area contributed by atoms with Gasteiger partial charge in [0.2, 0.25) is 0 Å². The SMILES string of the molecule is Cc1cnn2c1C(/C=C(\I)C(=O)N[C@H](CN)Cc1cc(F)cc(F)c1)=C(S)OCC2. The normalized spacial score (nSPS) is 15.3. The van der Waals surface area contributed by atoms with E-state index in [2.05, 4.69) is 23.0 Å². The number of allylic oxidation sites excluding steroid dienone is 2. The summed E-state index contributed by atoms with van der Waals surface area (Å²) in [6.07, 6.45) is 3.64. The fourth-order valence-corrected chi connectivity index (χ4v) is 3.92. The number of aromatic nitrogens is 2. The number of thiol groups is 1. The summed E-state index contributed by atoms with van der Waals surface area (Å²) in [4.78, 5) is 12.7. The first-order valence-electron chi connectivity index (χ1n) is 9.20. The minimum Gasteiger partial charge on any atom is -0.485 e. The maximum absolute atomic E-state index is 13.4. The van der Waals surface area contributed by atoms with E-state index in [1.165, 1.54) is 12.1 Å². The van der Waals surface area contributed by atoms with Gasteiger partial charge in [0.15, 0.2) is 5.09 Å². The van der Waals surface area contributed by atoms with Crippen LogP contribution in [0.15, 0.2) is 39.1 Å². The molecular formula is C20H21F2IN4O2S. The van der Waals surface area contributed by atoms with Crippen LogP contribution in [-0.2, 0) is 22.5 Å². The van der Waals surface area contributed by atoms with Gasteiger partial charge in [0.25, 0.3) is 5.91 Å². The van der Waals surface area contributed by atoms with Gasteiger partial charge in [0.05, 0.1) is 27.6 Å². The fraction of sp³-hybridized carbons (Fsp3) is 0.300. The van der Waals surface area contributed by atoms with E-state index in [4.69, 9.17) is 10.5 Å². The Bertz CT molecular complexity index is 1000. The average molecular weight is 546 g/mol. The van der Waals surface area contributed by atoms with E-state index in [0.717, 1.165) is 17.3 Å². The number of carbonyl (C=O) groups excluding carboxylic acids is 1. The standard InChI is InChI=1S/C20H21F2IN4O2S/c1-11-10-25-27-2-3-29-20(30)16(18(11)27)8-17(23)19(28)26-15(9-24)6-12-4-13(21)7-14(22)5-12/h4-5,7-8,10,15,30H,2-3,6,9,24H2,1H3,(H,26,28)/b17-8-/t15-/m0/s1. The molecule has 2 heterocycles. The van der Waals surface area contributed by atoms with Crippen molar-refractivity contribution in [2.75, 3.05) is 13.2 Å². The minimum absolute atomic E-state index is 0.114. The number of hydrogen-bond donors (Lipinski definition) is 3. The molecule has 160 valence electrons. The van der Waals surface area contributed by atoms with Gasteiger partial charge in [-0.1, -0.05) is 0 Å². The predicted octanol–water partition coefficient (Wildman–Crippen LogP) is 3.10. The van der Waals surface area contributed by atoms with E-state index in [1.54, 1.807) is 12.3 Å². The van der Waals surface area contributed by atoms with Crippen molar-refractivity contribution in [1.82, 2.24) is 15.1 Å². The van der Waals surface area contributed by atoms with Gasteiger partial charge in [0.1, 0.15) is 18.2 Å². The van der Waals surface area contributed by atoms with Gasteiger partial charge in [-0.3, -0.25) is 9.48 Å². The molecule has 0 saturated heterocycles. The number of ether oxygens (including phenoxy) is 1. The van der Waals surface area contributed by atoms with Crippen molar-refractivity contribution in [3.8, 4) is 0 Å². The lowest BCUT2D eigenvalue weighted by atomic mass is 10.1. The summed E-state index contributed by atoms with van der Waals surface area (Å²) >= 11 is 6.36. The number of amides is 1. The number of aryl methyl sites for hydroxylation is 1. The highest BCUT2D eigenvalue weighted by Crippen LogP contribution is 2.30. The zero-order chi connectivity index (χ0) is 21.8. The van der Waals surface area contributed by atoms with Crippen molar-refractivity contribution < 1.29 is 18.3 Å². The van der Waals surface area contributed by atoms with Crippen molar-refractivity contribution in [2.45, 2.75) is 25.9 Å². The summed E-state index contributed by atoms with van der Waals surface area (Å²) in [6.45, 7) is 3.04. The molecule has 30 heavy (non-hydrogen) atoms. The molecule has 0 aliphatic carbocycles. The van der Waals surface area contributed by atoms with Gasteiger partial charge in [0, 0.05) is 18.7 Å². The predicted molar refractivity (Wildman–Crippen MR) is 122 cm³/mol. The molecule has 1 aromatic carbocycles. The Kier molecular flexibility index (Phi) is 7.53. The van der Waals surface area contributed by atoms with Crippen LogP contribution in [0.3, 0.4) is 0 Å². The second-order valence-electron chi connectivity index (χ2n) is 6.85. The van der Waals surface area contributed by atoms with Crippen molar-refractivity contribution in [2.24, 2.45) is 5.73 Å². The van der Waals surface area contributed by atoms with Crippen LogP contribution >= 0.6 is 35.2 Å². The molecule has 0 bridgehead atoms. The third-order valence-electron chi connectivity index (χ3n) is 4.56. The Balaban J connectivity index is 1.78. The van der Waals surface area contributed by atoms with Gasteiger partial charge < -0.3 is 15.8 Å². The summed E-state index contributed by atoms with van der Waals surface area (Å²) in [7, 11) is 0. The van der Waals surface area contributed by atoms with Gasteiger partial charge >= 0.3 is 0 Å². The van der Waals surface area contributed by atoms with Crippen LogP contribution in [0.5, 0.6) is 0 Å². The van der Waals surface area contributed by atoms with Gasteiger partial charge in [-0.05, 0) is 65.3 Å². The van der Waals surface area contributed by atoms with Crippen LogP contribution < -0.4 is 11.1 Å². The second-order valence-corrected chi connectivity index (χ2v) is 8.42. The highest BCUT2D eigenvalue weighted by atomic mass is 127. The molecule has 2 aromatic rings. The molecule has 6 nitrogen and oxygen atoms in total. The van der Waals surface area contributed by atoms with Crippen LogP contribution in [0.25, 0.3) is 5.57 Å². The van der Waals surface area contributed by atoms with Crippen molar-refractivity contribution in [1.29, 1.82) is 0 Å². The summed E-state index contributed by atoms with van der Waals surface area (Å²) in [5.74, 6) is -1.70. The molecule has 1 atom stereocenters. The third kappa shape index (κ3) is 5.41. The quantitative estimate of drug-likeness (QED) is 0.296. The molecular weight excluding hydrogens is 525 g/mol. The van der Waals surface area contributed by atoms with Gasteiger partial charge in [-0.15, -0.1) is 12.6 Å². The fourth-order valence-electron chi connectivity index (χ4n) is 3.19. The Labute approximate surface area is 192 Å². The van der Waals surface area contributed by atoms with Crippen molar-refractivity contribution in [3.05, 3.63) is 67.6 Å². The molecule has 10 heteroatoms. The van der Waals surface area contributed by atoms with E-state index in [9.17, 15) is 13.6 Å². The first-order valence-corrected chi connectivity index (χ1v) is 10.7. The van der Waals surface area contributed by atoms with Crippen LogP contribution in [0.4, 0.5) is 8.78 Å². The number of carbonyl (C=O) groups is 1. The summed E-state index contributed by atoms with van der Waals surface area (Å²) in [6, 6.07) is 2.77. The lowest BCUT2D eigenvalue weighted by molar-refractivity contribution is -0.117. The highest BCUT2D eigenvalue weighted by Gasteiger charge is 2.21. The van der Waals surface area contributed by atoms with E-state index < -0.39 is 17.7 Å². The van der Waals surface area contributed by atoms with Crippen LogP contribution in [0, 0.1) is 18.6 Å². The summed E-state index contributed by atoms with van der Waals surface area (Å²) < 4.78 is 34.7. The number of benzene rings is 1. The Morgan fingerprint density at radius 3 is 2.80 bits per heavy atom. The Hall–Kier alpha value is -1.92. The number of nitrogens with zero attached hydrogens (tertiary/aromatic N) is 2. The molecule has 1 aliphatic heterocycles. The largest absolute Gasteiger partial charge is 0.485 e. The smallest absolute Gasteiger partial charge is 0.257 e. The monoisotopic (exact) mass is 546 g/mol. The first kappa shape index (κ1) is 22.8. The summed E-state index contributed by atoms with van der Waals surface area (Å²) in [5, 5.41) is 7.55. The Morgan fingerprint density at radius 2 is 2.13 bits per heavy atom. The number of hydrogen-bond acceptors (Lipinski definition) is 5. The first-order chi connectivity index (χ1) is 14.3. The molecule has 0 spiro atoms. The molecule has 0 saturated carbocycles. The highest BCUT2D eigenvalue weighted by molar-refractivity contribution is 14.1. The molecule has 0 radical (unpaired) electrons. The van der Waals surface area contributed by atoms with Crippen molar-refractivity contribution in [3.63, 3.8) is 0 Å². The second kappa shape index (κ2) is 9.92. The molecule has 1 amide bonds. The lowest BCUT2D eigenvalue weighted by Crippen LogP contribution is -2.41. The zero-order valence-electron chi connectivity index (χ0n) is 16.2. The van der Waals surface area contributed by atoms with Crippen LogP contribution in [-0.4, -0.2) is 34.9 Å². The molecule has 3 rings (SSSR count). The van der Waals surface area contributed by atoms with Gasteiger partial charge in [-0.2, -0.15) is 5.10 Å². The summed E-state index contributed by atoms with van der Waals surface area (Å²) in [5.41, 5.74) is 8.61. The van der Waals surface area contributed by atoms with E-state index in [1.807, 2.05) is 34.2 Å². The molecule has 1 aromatic heterocycles. The van der Waals surface area contributed by atoms with E-state index >= 15 is 0 Å². The molecule has 0 unspecified atom stereocenters. The maximum Gasteiger partial charge on any atom is 0.257 e. The average Bonchev–Trinajstić information content (AvgIpc) is 2.96. The van der Waals surface area contributed by atoms with E-state index in [0.29, 0.717) is 33.0 Å². The lowest BCUT2D eigenvalue weighted by Gasteiger charge is -2.17. The van der Waals surface area contributed by atoms with Crippen LogP contribution in [0.2, 0.25) is 0 Å². The number of nitrogens with one attached hydrogen (secondary N) is 1. The number of fused-ring (bicyclic) bond motifs is 1. The topological polar surface area (TPSA) is 82.2 Å². The maximum atomic E-state index is 13.4. The molecule has 0 fully saturated rings.